The first-order chi connectivity index (χ1) is 7.88. The molecule has 0 fully saturated rings. The normalized spacial score (nSPS) is 13.5. The molecule has 1 atom stereocenters. The maximum atomic E-state index is 11.9. The van der Waals surface area contributed by atoms with Gasteiger partial charge in [0.25, 0.3) is 10.0 Å². The van der Waals surface area contributed by atoms with Crippen LogP contribution in [-0.2, 0) is 10.0 Å². The van der Waals surface area contributed by atoms with Gasteiger partial charge in [0.15, 0.2) is 5.03 Å². The van der Waals surface area contributed by atoms with Crippen molar-refractivity contribution in [3.05, 3.63) is 11.8 Å². The van der Waals surface area contributed by atoms with Crippen LogP contribution in [0.1, 0.15) is 37.0 Å². The number of nitrogens with zero attached hydrogens (tertiary/aromatic N) is 1. The molecule has 1 rings (SSSR count). The van der Waals surface area contributed by atoms with E-state index in [4.69, 9.17) is 5.11 Å². The Kier molecular flexibility index (Phi) is 4.24. The second kappa shape index (κ2) is 5.28. The molecule has 0 bridgehead atoms. The van der Waals surface area contributed by atoms with Gasteiger partial charge in [-0.1, -0.05) is 13.3 Å². The molecule has 1 heterocycles. The Morgan fingerprint density at radius 1 is 1.65 bits per heavy atom. The minimum Gasteiger partial charge on any atom is -0.478 e. The molecule has 17 heavy (non-hydrogen) atoms. The number of nitrogens with one attached hydrogen (secondary N) is 2. The van der Waals surface area contributed by atoms with Crippen molar-refractivity contribution in [2.75, 3.05) is 0 Å². The minimum absolute atomic E-state index is 0.255. The van der Waals surface area contributed by atoms with Gasteiger partial charge in [-0.2, -0.15) is 5.10 Å². The number of aromatic nitrogens is 2. The standard InChI is InChI=1S/C9H15N3O4S/c1-3-4-6(2)12-17(15,16)8-7(9(13)14)5-10-11-8/h5-6,12H,3-4H2,1-2H3,(H,10,11)(H,13,14). The molecule has 0 radical (unpaired) electrons. The molecule has 7 nitrogen and oxygen atoms in total. The number of sulfonamides is 1. The topological polar surface area (TPSA) is 112 Å². The van der Waals surface area contributed by atoms with Gasteiger partial charge in [0.1, 0.15) is 5.56 Å². The maximum Gasteiger partial charge on any atom is 0.340 e. The van der Waals surface area contributed by atoms with E-state index in [0.29, 0.717) is 6.42 Å². The summed E-state index contributed by atoms with van der Waals surface area (Å²) in [6, 6.07) is -0.255. The third kappa shape index (κ3) is 3.27. The number of aromatic amines is 1. The van der Waals surface area contributed by atoms with Crippen LogP contribution in [0, 0.1) is 0 Å². The van der Waals surface area contributed by atoms with Gasteiger partial charge in [-0.15, -0.1) is 0 Å². The number of aromatic carboxylic acids is 1. The zero-order valence-electron chi connectivity index (χ0n) is 9.60. The third-order valence-corrected chi connectivity index (χ3v) is 3.74. The van der Waals surface area contributed by atoms with E-state index in [1.165, 1.54) is 0 Å². The Morgan fingerprint density at radius 2 is 2.29 bits per heavy atom. The largest absolute Gasteiger partial charge is 0.478 e. The van der Waals surface area contributed by atoms with Gasteiger partial charge in [0, 0.05) is 6.04 Å². The number of hydrogen-bond donors (Lipinski definition) is 3. The van der Waals surface area contributed by atoms with Crippen LogP contribution in [0.4, 0.5) is 0 Å². The van der Waals surface area contributed by atoms with E-state index < -0.39 is 21.0 Å². The quantitative estimate of drug-likeness (QED) is 0.693. The third-order valence-electron chi connectivity index (χ3n) is 2.18. The average molecular weight is 261 g/mol. The highest BCUT2D eigenvalue weighted by atomic mass is 32.2. The zero-order valence-corrected chi connectivity index (χ0v) is 10.4. The van der Waals surface area contributed by atoms with Crippen molar-refractivity contribution in [2.24, 2.45) is 0 Å². The SMILES string of the molecule is CCCC(C)NS(=O)(=O)c1[nH]ncc1C(=O)O. The Morgan fingerprint density at radius 3 is 2.82 bits per heavy atom. The molecule has 1 aromatic rings. The summed E-state index contributed by atoms with van der Waals surface area (Å²) in [6.45, 7) is 3.65. The van der Waals surface area contributed by atoms with Gasteiger partial charge in [-0.25, -0.2) is 17.9 Å². The molecule has 0 aromatic carbocycles. The summed E-state index contributed by atoms with van der Waals surface area (Å²) < 4.78 is 26.1. The van der Waals surface area contributed by atoms with Crippen molar-refractivity contribution >= 4 is 16.0 Å². The lowest BCUT2D eigenvalue weighted by Gasteiger charge is -2.12. The van der Waals surface area contributed by atoms with Gasteiger partial charge in [0.2, 0.25) is 0 Å². The highest BCUT2D eigenvalue weighted by Gasteiger charge is 2.25. The van der Waals surface area contributed by atoms with Crippen LogP contribution in [0.2, 0.25) is 0 Å². The van der Waals surface area contributed by atoms with Gasteiger partial charge < -0.3 is 5.11 Å². The van der Waals surface area contributed by atoms with Crippen LogP contribution in [0.15, 0.2) is 11.2 Å². The molecule has 0 aliphatic heterocycles. The fourth-order valence-corrected chi connectivity index (χ4v) is 2.82. The zero-order chi connectivity index (χ0) is 13.1. The predicted molar refractivity (Wildman–Crippen MR) is 60.2 cm³/mol. The molecular weight excluding hydrogens is 246 g/mol. The molecule has 0 aliphatic carbocycles. The fraction of sp³-hybridized carbons (Fsp3) is 0.556. The van der Waals surface area contributed by atoms with Crippen molar-refractivity contribution in [3.8, 4) is 0 Å². The highest BCUT2D eigenvalue weighted by Crippen LogP contribution is 2.12. The smallest absolute Gasteiger partial charge is 0.340 e. The lowest BCUT2D eigenvalue weighted by Crippen LogP contribution is -2.33. The summed E-state index contributed by atoms with van der Waals surface area (Å²) >= 11 is 0. The molecule has 0 amide bonds. The Labute approximate surface area is 99.3 Å². The lowest BCUT2D eigenvalue weighted by atomic mass is 10.2. The Hall–Kier alpha value is -1.41. The van der Waals surface area contributed by atoms with E-state index in [1.54, 1.807) is 6.92 Å². The van der Waals surface area contributed by atoms with Crippen molar-refractivity contribution in [2.45, 2.75) is 37.8 Å². The molecule has 3 N–H and O–H groups in total. The molecular formula is C9H15N3O4S. The fourth-order valence-electron chi connectivity index (χ4n) is 1.45. The molecule has 8 heteroatoms. The van der Waals surface area contributed by atoms with Crippen molar-refractivity contribution in [1.82, 2.24) is 14.9 Å². The molecule has 0 aliphatic rings. The van der Waals surface area contributed by atoms with E-state index in [2.05, 4.69) is 14.9 Å². The first-order valence-corrected chi connectivity index (χ1v) is 6.65. The summed E-state index contributed by atoms with van der Waals surface area (Å²) in [6.07, 6.45) is 2.48. The second-order valence-electron chi connectivity index (χ2n) is 3.73. The molecule has 0 saturated heterocycles. The van der Waals surface area contributed by atoms with Gasteiger partial charge in [-0.05, 0) is 13.3 Å². The van der Waals surface area contributed by atoms with Crippen molar-refractivity contribution in [3.63, 3.8) is 0 Å². The van der Waals surface area contributed by atoms with Crippen LogP contribution >= 0.6 is 0 Å². The number of rotatable bonds is 6. The highest BCUT2D eigenvalue weighted by molar-refractivity contribution is 7.89. The summed E-state index contributed by atoms with van der Waals surface area (Å²) in [5, 5.41) is 14.0. The van der Waals surface area contributed by atoms with E-state index in [-0.39, 0.29) is 11.6 Å². The monoisotopic (exact) mass is 261 g/mol. The van der Waals surface area contributed by atoms with E-state index in [1.807, 2.05) is 6.92 Å². The summed E-state index contributed by atoms with van der Waals surface area (Å²) in [7, 11) is -3.86. The van der Waals surface area contributed by atoms with E-state index in [0.717, 1.165) is 12.6 Å². The van der Waals surface area contributed by atoms with Crippen LogP contribution in [0.5, 0.6) is 0 Å². The van der Waals surface area contributed by atoms with Crippen LogP contribution in [-0.4, -0.2) is 35.7 Å². The summed E-state index contributed by atoms with van der Waals surface area (Å²) in [5.41, 5.74) is -0.360. The van der Waals surface area contributed by atoms with Gasteiger partial charge in [0.05, 0.1) is 6.20 Å². The van der Waals surface area contributed by atoms with Crippen molar-refractivity contribution in [1.29, 1.82) is 0 Å². The number of hydrogen-bond acceptors (Lipinski definition) is 4. The van der Waals surface area contributed by atoms with Crippen LogP contribution < -0.4 is 4.72 Å². The summed E-state index contributed by atoms with van der Waals surface area (Å²) in [5.74, 6) is -1.33. The van der Waals surface area contributed by atoms with Gasteiger partial charge in [-0.3, -0.25) is 5.10 Å². The first-order valence-electron chi connectivity index (χ1n) is 5.17. The number of carboxylic acids is 1. The van der Waals surface area contributed by atoms with E-state index >= 15 is 0 Å². The second-order valence-corrected chi connectivity index (χ2v) is 5.38. The Bertz CT molecular complexity index is 494. The molecule has 96 valence electrons. The van der Waals surface area contributed by atoms with E-state index in [9.17, 15) is 13.2 Å². The van der Waals surface area contributed by atoms with Crippen molar-refractivity contribution < 1.29 is 18.3 Å². The molecule has 0 saturated carbocycles. The molecule has 0 spiro atoms. The maximum absolute atomic E-state index is 11.9. The summed E-state index contributed by atoms with van der Waals surface area (Å²) in [4.78, 5) is 10.8. The Balaban J connectivity index is 2.97. The number of H-pyrrole nitrogens is 1. The van der Waals surface area contributed by atoms with Crippen LogP contribution in [0.25, 0.3) is 0 Å². The lowest BCUT2D eigenvalue weighted by molar-refractivity contribution is 0.0692. The molecule has 1 unspecified atom stereocenters. The minimum atomic E-state index is -3.86. The van der Waals surface area contributed by atoms with Crippen LogP contribution in [0.3, 0.4) is 0 Å². The number of carboxylic acid groups (broad SMARTS) is 1. The average Bonchev–Trinajstić information content (AvgIpc) is 2.65. The predicted octanol–water partition coefficient (Wildman–Crippen LogP) is 0.575. The molecule has 1 aromatic heterocycles. The first kappa shape index (κ1) is 13.7. The number of carbonyl (C=O) groups is 1. The van der Waals surface area contributed by atoms with Gasteiger partial charge >= 0.3 is 5.97 Å².